The van der Waals surface area contributed by atoms with Gasteiger partial charge in [0.05, 0.1) is 12.6 Å². The lowest BCUT2D eigenvalue weighted by molar-refractivity contribution is -0.141. The van der Waals surface area contributed by atoms with E-state index in [0.29, 0.717) is 13.1 Å². The Hall–Kier alpha value is -2.63. The van der Waals surface area contributed by atoms with E-state index in [1.807, 2.05) is 60.4 Å². The number of rotatable bonds is 7. The van der Waals surface area contributed by atoms with Gasteiger partial charge in [-0.25, -0.2) is 0 Å². The molecule has 1 aliphatic heterocycles. The van der Waals surface area contributed by atoms with Gasteiger partial charge >= 0.3 is 0 Å². The molecule has 1 aromatic heterocycles. The van der Waals surface area contributed by atoms with E-state index in [1.54, 1.807) is 16.2 Å². The molecular formula is C26H27ClN2O2S. The number of hydrogen-bond acceptors (Lipinski definition) is 3. The predicted octanol–water partition coefficient (Wildman–Crippen LogP) is 5.44. The molecule has 2 heterocycles. The Kier molecular flexibility index (Phi) is 7.28. The Morgan fingerprint density at radius 2 is 1.78 bits per heavy atom. The summed E-state index contributed by atoms with van der Waals surface area (Å²) in [5, 5.41) is 1.30. The highest BCUT2D eigenvalue weighted by atomic mass is 35.5. The van der Waals surface area contributed by atoms with Crippen LogP contribution in [0.2, 0.25) is 0 Å². The van der Waals surface area contributed by atoms with Gasteiger partial charge in [0.25, 0.3) is 0 Å². The zero-order valence-electron chi connectivity index (χ0n) is 18.1. The lowest BCUT2D eigenvalue weighted by Gasteiger charge is -2.37. The molecular weight excluding hydrogens is 440 g/mol. The largest absolute Gasteiger partial charge is 0.332 e. The summed E-state index contributed by atoms with van der Waals surface area (Å²) in [6, 6.07) is 21.4. The second-order valence-electron chi connectivity index (χ2n) is 7.98. The summed E-state index contributed by atoms with van der Waals surface area (Å²) in [7, 11) is 0. The fourth-order valence-electron chi connectivity index (χ4n) is 4.30. The first-order chi connectivity index (χ1) is 15.6. The van der Waals surface area contributed by atoms with E-state index in [2.05, 4.69) is 23.6 Å². The van der Waals surface area contributed by atoms with E-state index in [4.69, 9.17) is 11.6 Å². The standard InChI is InChI=1S/C26H27ClN2O2S/c1-2-15-28(26(31)24(27)19-9-5-3-6-10-19)18-23(30)29-16-13-22-21(14-17-32-22)25(29)20-11-7-4-8-12-20/h3-12,14,17,24-25H,2,13,15-16,18H2,1H3. The first-order valence-electron chi connectivity index (χ1n) is 11.0. The Labute approximate surface area is 198 Å². The van der Waals surface area contributed by atoms with E-state index in [-0.39, 0.29) is 24.4 Å². The maximum atomic E-state index is 13.6. The van der Waals surface area contributed by atoms with Crippen LogP contribution in [0, 0.1) is 0 Å². The minimum Gasteiger partial charge on any atom is -0.332 e. The third kappa shape index (κ3) is 4.74. The van der Waals surface area contributed by atoms with Crippen molar-refractivity contribution in [2.24, 2.45) is 0 Å². The third-order valence-corrected chi connectivity index (χ3v) is 7.28. The van der Waals surface area contributed by atoms with Crippen molar-refractivity contribution in [3.63, 3.8) is 0 Å². The second kappa shape index (κ2) is 10.3. The van der Waals surface area contributed by atoms with E-state index in [9.17, 15) is 9.59 Å². The monoisotopic (exact) mass is 466 g/mol. The number of halogens is 1. The van der Waals surface area contributed by atoms with Crippen LogP contribution in [0.3, 0.4) is 0 Å². The van der Waals surface area contributed by atoms with Crippen molar-refractivity contribution < 1.29 is 9.59 Å². The molecule has 0 bridgehead atoms. The van der Waals surface area contributed by atoms with Gasteiger partial charge in [0, 0.05) is 18.0 Å². The molecule has 0 N–H and O–H groups in total. The average molecular weight is 467 g/mol. The number of nitrogens with zero attached hydrogens (tertiary/aromatic N) is 2. The number of hydrogen-bond donors (Lipinski definition) is 0. The van der Waals surface area contributed by atoms with Crippen LogP contribution >= 0.6 is 22.9 Å². The maximum absolute atomic E-state index is 13.6. The molecule has 2 aromatic carbocycles. The molecule has 4 nitrogen and oxygen atoms in total. The Morgan fingerprint density at radius 3 is 2.47 bits per heavy atom. The predicted molar refractivity (Wildman–Crippen MR) is 130 cm³/mol. The van der Waals surface area contributed by atoms with Gasteiger partial charge in [-0.2, -0.15) is 0 Å². The van der Waals surface area contributed by atoms with Crippen LogP contribution in [0.15, 0.2) is 72.1 Å². The summed E-state index contributed by atoms with van der Waals surface area (Å²) in [6.45, 7) is 3.17. The second-order valence-corrected chi connectivity index (χ2v) is 9.42. The Bertz CT molecular complexity index is 1050. The van der Waals surface area contributed by atoms with Crippen LogP contribution in [0.4, 0.5) is 0 Å². The smallest absolute Gasteiger partial charge is 0.245 e. The number of carbonyl (C=O) groups excluding carboxylic acids is 2. The number of fused-ring (bicyclic) bond motifs is 1. The molecule has 6 heteroatoms. The van der Waals surface area contributed by atoms with E-state index in [1.165, 1.54) is 10.4 Å². The Morgan fingerprint density at radius 1 is 1.09 bits per heavy atom. The molecule has 0 fully saturated rings. The van der Waals surface area contributed by atoms with Crippen molar-refractivity contribution in [3.05, 3.63) is 93.7 Å². The van der Waals surface area contributed by atoms with Crippen LogP contribution in [-0.4, -0.2) is 41.2 Å². The lowest BCUT2D eigenvalue weighted by Crippen LogP contribution is -2.47. The summed E-state index contributed by atoms with van der Waals surface area (Å²) in [6.07, 6.45) is 1.60. The number of alkyl halides is 1. The minimum atomic E-state index is -0.801. The van der Waals surface area contributed by atoms with E-state index < -0.39 is 5.38 Å². The fraction of sp³-hybridized carbons (Fsp3) is 0.308. The van der Waals surface area contributed by atoms with Crippen LogP contribution in [0.25, 0.3) is 0 Å². The number of thiophene rings is 1. The molecule has 0 spiro atoms. The first kappa shape index (κ1) is 22.6. The van der Waals surface area contributed by atoms with Crippen LogP contribution in [-0.2, 0) is 16.0 Å². The average Bonchev–Trinajstić information content (AvgIpc) is 3.32. The molecule has 2 unspecified atom stereocenters. The normalized spacial score (nSPS) is 16.3. The highest BCUT2D eigenvalue weighted by Gasteiger charge is 2.34. The van der Waals surface area contributed by atoms with Crippen molar-refractivity contribution >= 4 is 34.8 Å². The van der Waals surface area contributed by atoms with E-state index in [0.717, 1.165) is 24.0 Å². The summed E-state index contributed by atoms with van der Waals surface area (Å²) in [5.74, 6) is -0.271. The first-order valence-corrected chi connectivity index (χ1v) is 12.3. The van der Waals surface area contributed by atoms with Gasteiger partial charge < -0.3 is 9.80 Å². The third-order valence-electron chi connectivity index (χ3n) is 5.84. The van der Waals surface area contributed by atoms with E-state index >= 15 is 0 Å². The highest BCUT2D eigenvalue weighted by Crippen LogP contribution is 2.37. The molecule has 2 amide bonds. The number of carbonyl (C=O) groups is 2. The summed E-state index contributed by atoms with van der Waals surface area (Å²) >= 11 is 8.26. The lowest BCUT2D eigenvalue weighted by atomic mass is 9.93. The molecule has 4 rings (SSSR count). The summed E-state index contributed by atoms with van der Waals surface area (Å²) < 4.78 is 0. The van der Waals surface area contributed by atoms with Crippen LogP contribution < -0.4 is 0 Å². The van der Waals surface area contributed by atoms with Crippen molar-refractivity contribution in [2.45, 2.75) is 31.2 Å². The Balaban J connectivity index is 1.57. The van der Waals surface area contributed by atoms with Crippen molar-refractivity contribution in [2.75, 3.05) is 19.6 Å². The number of amides is 2. The molecule has 166 valence electrons. The number of benzene rings is 2. The highest BCUT2D eigenvalue weighted by molar-refractivity contribution is 7.10. The molecule has 1 aliphatic rings. The van der Waals surface area contributed by atoms with Gasteiger partial charge in [0.2, 0.25) is 11.8 Å². The molecule has 0 aliphatic carbocycles. The molecule has 0 saturated heterocycles. The van der Waals surface area contributed by atoms with Crippen LogP contribution in [0.5, 0.6) is 0 Å². The van der Waals surface area contributed by atoms with Gasteiger partial charge in [-0.3, -0.25) is 9.59 Å². The van der Waals surface area contributed by atoms with Gasteiger partial charge in [-0.1, -0.05) is 67.6 Å². The van der Waals surface area contributed by atoms with Crippen molar-refractivity contribution in [3.8, 4) is 0 Å². The topological polar surface area (TPSA) is 40.6 Å². The minimum absolute atomic E-state index is 0.0333. The fourth-order valence-corrected chi connectivity index (χ4v) is 5.48. The van der Waals surface area contributed by atoms with Gasteiger partial charge in [0.15, 0.2) is 0 Å². The van der Waals surface area contributed by atoms with Gasteiger partial charge in [0.1, 0.15) is 5.38 Å². The van der Waals surface area contributed by atoms with Crippen molar-refractivity contribution in [1.82, 2.24) is 9.80 Å². The molecule has 3 aromatic rings. The summed E-state index contributed by atoms with van der Waals surface area (Å²) in [5.41, 5.74) is 3.03. The van der Waals surface area contributed by atoms with Crippen molar-refractivity contribution in [1.29, 1.82) is 0 Å². The van der Waals surface area contributed by atoms with Crippen LogP contribution in [0.1, 0.15) is 46.3 Å². The van der Waals surface area contributed by atoms with Gasteiger partial charge in [-0.05, 0) is 41.0 Å². The van der Waals surface area contributed by atoms with Gasteiger partial charge in [-0.15, -0.1) is 22.9 Å². The maximum Gasteiger partial charge on any atom is 0.245 e. The molecule has 0 saturated carbocycles. The summed E-state index contributed by atoms with van der Waals surface area (Å²) in [4.78, 5) is 31.6. The molecule has 2 atom stereocenters. The molecule has 0 radical (unpaired) electrons. The quantitative estimate of drug-likeness (QED) is 0.435. The zero-order chi connectivity index (χ0) is 22.5. The molecule has 32 heavy (non-hydrogen) atoms. The SMILES string of the molecule is CCCN(CC(=O)N1CCc2sccc2C1c1ccccc1)C(=O)C(Cl)c1ccccc1. The zero-order valence-corrected chi connectivity index (χ0v) is 19.7.